The van der Waals surface area contributed by atoms with Crippen LogP contribution in [0.3, 0.4) is 0 Å². The van der Waals surface area contributed by atoms with E-state index >= 15 is 0 Å². The molecule has 0 saturated carbocycles. The number of halogens is 3. The number of thiophene rings is 1. The minimum absolute atomic E-state index is 0.0237. The third kappa shape index (κ3) is 6.38. The molecule has 2 aromatic carbocycles. The molecular formula is C26H29F3N2OS. The Labute approximate surface area is 197 Å². The molecule has 7 heteroatoms. The Morgan fingerprint density at radius 2 is 1.67 bits per heavy atom. The maximum atomic E-state index is 13.4. The summed E-state index contributed by atoms with van der Waals surface area (Å²) in [5.74, 6) is -0.146. The first-order valence-electron chi connectivity index (χ1n) is 10.8. The van der Waals surface area contributed by atoms with Crippen molar-refractivity contribution in [2.45, 2.75) is 45.3 Å². The molecule has 0 fully saturated rings. The van der Waals surface area contributed by atoms with Crippen LogP contribution in [0.2, 0.25) is 0 Å². The lowest BCUT2D eigenvalue weighted by atomic mass is 9.87. The van der Waals surface area contributed by atoms with E-state index in [1.54, 1.807) is 24.1 Å². The SMILES string of the molecule is CNc1sccc1C(=O)N(CCc1cccc(C(F)(F)F)c1)Cc1ccc(C(C)(C)C)cc1. The molecule has 3 aromatic rings. The van der Waals surface area contributed by atoms with E-state index in [1.807, 2.05) is 17.5 Å². The molecule has 0 saturated heterocycles. The van der Waals surface area contributed by atoms with E-state index in [2.05, 4.69) is 38.2 Å². The molecule has 0 unspecified atom stereocenters. The molecule has 0 aliphatic heterocycles. The van der Waals surface area contributed by atoms with E-state index in [0.717, 1.165) is 22.7 Å². The zero-order chi connectivity index (χ0) is 24.2. The van der Waals surface area contributed by atoms with E-state index in [9.17, 15) is 18.0 Å². The van der Waals surface area contributed by atoms with Crippen molar-refractivity contribution in [1.29, 1.82) is 0 Å². The Morgan fingerprint density at radius 1 is 0.970 bits per heavy atom. The molecule has 0 aliphatic rings. The first-order chi connectivity index (χ1) is 15.5. The van der Waals surface area contributed by atoms with Gasteiger partial charge >= 0.3 is 6.18 Å². The van der Waals surface area contributed by atoms with Gasteiger partial charge in [-0.3, -0.25) is 4.79 Å². The molecule has 1 aromatic heterocycles. The lowest BCUT2D eigenvalue weighted by molar-refractivity contribution is -0.137. The van der Waals surface area contributed by atoms with Gasteiger partial charge in [0.15, 0.2) is 0 Å². The lowest BCUT2D eigenvalue weighted by Gasteiger charge is -2.24. The molecule has 1 amide bonds. The van der Waals surface area contributed by atoms with Crippen molar-refractivity contribution in [3.63, 3.8) is 0 Å². The van der Waals surface area contributed by atoms with Gasteiger partial charge in [-0.15, -0.1) is 11.3 Å². The zero-order valence-electron chi connectivity index (χ0n) is 19.3. The fourth-order valence-corrected chi connectivity index (χ4v) is 4.33. The predicted octanol–water partition coefficient (Wildman–Crippen LogP) is 6.99. The summed E-state index contributed by atoms with van der Waals surface area (Å²) in [6.07, 6.45) is -4.06. The number of benzene rings is 2. The normalized spacial score (nSPS) is 12.0. The topological polar surface area (TPSA) is 32.3 Å². The summed E-state index contributed by atoms with van der Waals surface area (Å²) < 4.78 is 39.3. The zero-order valence-corrected chi connectivity index (χ0v) is 20.1. The Morgan fingerprint density at radius 3 is 2.27 bits per heavy atom. The number of carbonyl (C=O) groups excluding carboxylic acids is 1. The number of hydrogen-bond donors (Lipinski definition) is 1. The van der Waals surface area contributed by atoms with Crippen LogP contribution in [0.25, 0.3) is 0 Å². The van der Waals surface area contributed by atoms with Crippen LogP contribution in [0, 0.1) is 0 Å². The van der Waals surface area contributed by atoms with Gasteiger partial charge in [0.2, 0.25) is 0 Å². The van der Waals surface area contributed by atoms with Gasteiger partial charge in [-0.05, 0) is 46.0 Å². The fourth-order valence-electron chi connectivity index (χ4n) is 3.59. The number of alkyl halides is 3. The van der Waals surface area contributed by atoms with Crippen molar-refractivity contribution in [2.24, 2.45) is 0 Å². The maximum Gasteiger partial charge on any atom is 0.416 e. The highest BCUT2D eigenvalue weighted by Crippen LogP contribution is 2.30. The third-order valence-electron chi connectivity index (χ3n) is 5.53. The highest BCUT2D eigenvalue weighted by Gasteiger charge is 2.30. The summed E-state index contributed by atoms with van der Waals surface area (Å²) in [5.41, 5.74) is 2.63. The largest absolute Gasteiger partial charge is 0.416 e. The molecule has 176 valence electrons. The van der Waals surface area contributed by atoms with Crippen molar-refractivity contribution >= 4 is 22.2 Å². The van der Waals surface area contributed by atoms with Crippen molar-refractivity contribution in [1.82, 2.24) is 4.90 Å². The molecule has 0 radical (unpaired) electrons. The first kappa shape index (κ1) is 24.8. The number of hydrogen-bond acceptors (Lipinski definition) is 3. The highest BCUT2D eigenvalue weighted by atomic mass is 32.1. The monoisotopic (exact) mass is 474 g/mol. The summed E-state index contributed by atoms with van der Waals surface area (Å²) in [5, 5.41) is 5.66. The molecule has 33 heavy (non-hydrogen) atoms. The van der Waals surface area contributed by atoms with E-state index < -0.39 is 11.7 Å². The number of carbonyl (C=O) groups is 1. The number of anilines is 1. The molecule has 0 aliphatic carbocycles. The number of nitrogens with one attached hydrogen (secondary N) is 1. The van der Waals surface area contributed by atoms with Crippen LogP contribution in [-0.2, 0) is 24.6 Å². The van der Waals surface area contributed by atoms with Crippen molar-refractivity contribution in [3.05, 3.63) is 87.8 Å². The van der Waals surface area contributed by atoms with Gasteiger partial charge in [0, 0.05) is 20.1 Å². The van der Waals surface area contributed by atoms with Crippen LogP contribution >= 0.6 is 11.3 Å². The van der Waals surface area contributed by atoms with Crippen LogP contribution in [0.1, 0.15) is 53.4 Å². The van der Waals surface area contributed by atoms with Gasteiger partial charge in [-0.1, -0.05) is 63.2 Å². The minimum Gasteiger partial charge on any atom is -0.379 e. The second-order valence-electron chi connectivity index (χ2n) is 9.04. The molecule has 0 bridgehead atoms. The van der Waals surface area contributed by atoms with Gasteiger partial charge in [-0.2, -0.15) is 13.2 Å². The van der Waals surface area contributed by atoms with Gasteiger partial charge in [0.05, 0.1) is 11.1 Å². The number of nitrogens with zero attached hydrogens (tertiary/aromatic N) is 1. The van der Waals surface area contributed by atoms with Crippen molar-refractivity contribution in [2.75, 3.05) is 18.9 Å². The van der Waals surface area contributed by atoms with Crippen LogP contribution in [0.4, 0.5) is 18.2 Å². The Kier molecular flexibility index (Phi) is 7.52. The molecule has 0 atom stereocenters. The predicted molar refractivity (Wildman–Crippen MR) is 129 cm³/mol. The quantitative estimate of drug-likeness (QED) is 0.400. The Bertz CT molecular complexity index is 1080. The van der Waals surface area contributed by atoms with Gasteiger partial charge in [0.25, 0.3) is 5.91 Å². The van der Waals surface area contributed by atoms with Crippen LogP contribution in [0.5, 0.6) is 0 Å². The summed E-state index contributed by atoms with van der Waals surface area (Å²) in [7, 11) is 1.76. The van der Waals surface area contributed by atoms with E-state index in [0.29, 0.717) is 30.6 Å². The molecular weight excluding hydrogens is 445 g/mol. The summed E-state index contributed by atoms with van der Waals surface area (Å²) >= 11 is 1.44. The van der Waals surface area contributed by atoms with Gasteiger partial charge < -0.3 is 10.2 Å². The third-order valence-corrected chi connectivity index (χ3v) is 6.46. The summed E-state index contributed by atoms with van der Waals surface area (Å²) in [6.45, 7) is 7.11. The molecule has 0 spiro atoms. The van der Waals surface area contributed by atoms with Crippen LogP contribution in [-0.4, -0.2) is 24.4 Å². The second-order valence-corrected chi connectivity index (χ2v) is 9.95. The Hall–Kier alpha value is -2.80. The minimum atomic E-state index is -4.39. The highest BCUT2D eigenvalue weighted by molar-refractivity contribution is 7.14. The Balaban J connectivity index is 1.84. The van der Waals surface area contributed by atoms with Crippen LogP contribution in [0.15, 0.2) is 60.0 Å². The molecule has 3 nitrogen and oxygen atoms in total. The summed E-state index contributed by atoms with van der Waals surface area (Å²) in [4.78, 5) is 15.1. The lowest BCUT2D eigenvalue weighted by Crippen LogP contribution is -2.32. The number of rotatable bonds is 7. The fraction of sp³-hybridized carbons (Fsp3) is 0.346. The standard InChI is InChI=1S/C26H29F3N2OS/c1-25(2,3)20-10-8-19(9-11-20)17-31(24(32)22-13-15-33-23(22)30-4)14-12-18-6-5-7-21(16-18)26(27,28)29/h5-11,13,15-16,30H,12,14,17H2,1-4H3. The average Bonchev–Trinajstić information content (AvgIpc) is 3.24. The van der Waals surface area contributed by atoms with E-state index in [-0.39, 0.29) is 11.3 Å². The maximum absolute atomic E-state index is 13.4. The average molecular weight is 475 g/mol. The smallest absolute Gasteiger partial charge is 0.379 e. The second kappa shape index (κ2) is 10.00. The van der Waals surface area contributed by atoms with Gasteiger partial charge in [-0.25, -0.2) is 0 Å². The molecule has 1 N–H and O–H groups in total. The summed E-state index contributed by atoms with van der Waals surface area (Å²) in [6, 6.07) is 15.2. The number of amides is 1. The van der Waals surface area contributed by atoms with Crippen LogP contribution < -0.4 is 5.32 Å². The first-order valence-corrected chi connectivity index (χ1v) is 11.7. The van der Waals surface area contributed by atoms with E-state index in [4.69, 9.17) is 0 Å². The van der Waals surface area contributed by atoms with Gasteiger partial charge in [0.1, 0.15) is 5.00 Å². The van der Waals surface area contributed by atoms with Crippen molar-refractivity contribution < 1.29 is 18.0 Å². The van der Waals surface area contributed by atoms with E-state index in [1.165, 1.54) is 23.0 Å². The van der Waals surface area contributed by atoms with Crippen molar-refractivity contribution in [3.8, 4) is 0 Å². The molecule has 1 heterocycles. The molecule has 3 rings (SSSR count).